The van der Waals surface area contributed by atoms with Gasteiger partial charge in [-0.15, -0.1) is 0 Å². The van der Waals surface area contributed by atoms with Gasteiger partial charge in [-0.05, 0) is 42.5 Å². The molecular weight excluding hydrogens is 266 g/mol. The number of rotatable bonds is 2. The number of nitrogens with two attached hydrogens (primary N) is 1. The van der Waals surface area contributed by atoms with E-state index in [1.807, 2.05) is 46.9 Å². The molecule has 4 rings (SSSR count). The van der Waals surface area contributed by atoms with Crippen molar-refractivity contribution < 1.29 is 4.74 Å². The molecule has 104 valence electrons. The van der Waals surface area contributed by atoms with E-state index in [9.17, 15) is 0 Å². The molecule has 21 heavy (non-hydrogen) atoms. The van der Waals surface area contributed by atoms with Crippen LogP contribution in [-0.2, 0) is 0 Å². The molecule has 4 aromatic rings. The van der Waals surface area contributed by atoms with E-state index < -0.39 is 0 Å². The summed E-state index contributed by atoms with van der Waals surface area (Å²) in [6, 6.07) is 13.4. The average Bonchev–Trinajstić information content (AvgIpc) is 3.06. The van der Waals surface area contributed by atoms with Crippen LogP contribution in [0.3, 0.4) is 0 Å². The Labute approximate surface area is 120 Å². The van der Waals surface area contributed by atoms with Crippen molar-refractivity contribution >= 4 is 22.5 Å². The molecule has 0 bridgehead atoms. The summed E-state index contributed by atoms with van der Waals surface area (Å²) in [5, 5.41) is 7.31. The van der Waals surface area contributed by atoms with Crippen LogP contribution in [0.5, 0.6) is 5.75 Å². The Morgan fingerprint density at radius 1 is 1.14 bits per heavy atom. The number of fused-ring (bicyclic) bond motifs is 3. The minimum absolute atomic E-state index is 0.696. The summed E-state index contributed by atoms with van der Waals surface area (Å²) in [5.74, 6) is 2.30. The van der Waals surface area contributed by atoms with Gasteiger partial charge in [-0.3, -0.25) is 4.40 Å². The number of methoxy groups -OCH3 is 1. The number of anilines is 1. The van der Waals surface area contributed by atoms with Crippen LogP contribution in [0.25, 0.3) is 28.2 Å². The second kappa shape index (κ2) is 4.24. The third-order valence-electron chi connectivity index (χ3n) is 3.50. The first-order chi connectivity index (χ1) is 10.3. The number of hydrogen-bond acceptors (Lipinski definition) is 4. The first kappa shape index (κ1) is 11.8. The molecule has 0 radical (unpaired) electrons. The summed E-state index contributed by atoms with van der Waals surface area (Å²) in [7, 11) is 1.65. The normalized spacial score (nSPS) is 11.3. The zero-order valence-electron chi connectivity index (χ0n) is 11.4. The van der Waals surface area contributed by atoms with E-state index >= 15 is 0 Å². The second-order valence-electron chi connectivity index (χ2n) is 4.79. The average molecular weight is 279 g/mol. The van der Waals surface area contributed by atoms with Gasteiger partial charge in [0.1, 0.15) is 5.75 Å². The van der Waals surface area contributed by atoms with Gasteiger partial charge >= 0.3 is 0 Å². The highest BCUT2D eigenvalue weighted by Gasteiger charge is 2.13. The predicted molar refractivity (Wildman–Crippen MR) is 81.2 cm³/mol. The van der Waals surface area contributed by atoms with Crippen molar-refractivity contribution in [2.45, 2.75) is 0 Å². The molecule has 0 atom stereocenters. The highest BCUT2D eigenvalue weighted by molar-refractivity contribution is 5.84. The predicted octanol–water partition coefficient (Wildman–Crippen LogP) is 2.47. The lowest BCUT2D eigenvalue weighted by Gasteiger charge is -2.02. The lowest BCUT2D eigenvalue weighted by Crippen LogP contribution is -1.90. The second-order valence-corrected chi connectivity index (χ2v) is 4.79. The number of aromatic nitrogens is 4. The zero-order valence-corrected chi connectivity index (χ0v) is 11.4. The van der Waals surface area contributed by atoms with Crippen molar-refractivity contribution in [2.24, 2.45) is 0 Å². The van der Waals surface area contributed by atoms with E-state index in [-0.39, 0.29) is 0 Å². The minimum atomic E-state index is 0.696. The molecule has 0 amide bonds. The van der Waals surface area contributed by atoms with Crippen molar-refractivity contribution in [3.8, 4) is 17.1 Å². The molecule has 0 saturated carbocycles. The van der Waals surface area contributed by atoms with E-state index in [4.69, 9.17) is 10.5 Å². The topological polar surface area (TPSA) is 81.2 Å². The highest BCUT2D eigenvalue weighted by Crippen LogP contribution is 2.26. The largest absolute Gasteiger partial charge is 0.497 e. The maximum atomic E-state index is 5.88. The number of benzene rings is 2. The molecule has 0 saturated heterocycles. The van der Waals surface area contributed by atoms with Crippen molar-refractivity contribution in [3.63, 3.8) is 0 Å². The summed E-state index contributed by atoms with van der Waals surface area (Å²) in [5.41, 5.74) is 9.37. The summed E-state index contributed by atoms with van der Waals surface area (Å²) in [4.78, 5) is 4.50. The standard InChI is InChI=1S/C15H13N5O/c1-21-11-5-2-9(3-6-11)14-18-19-15-17-12-7-4-10(16)8-13(12)20(14)15/h2-8H,16H2,1H3,(H,17,19). The molecule has 2 heterocycles. The summed E-state index contributed by atoms with van der Waals surface area (Å²) >= 11 is 0. The van der Waals surface area contributed by atoms with Gasteiger partial charge in [0.05, 0.1) is 18.1 Å². The third kappa shape index (κ3) is 1.73. The molecule has 0 spiro atoms. The maximum Gasteiger partial charge on any atom is 0.230 e. The highest BCUT2D eigenvalue weighted by atomic mass is 16.5. The Morgan fingerprint density at radius 3 is 2.71 bits per heavy atom. The van der Waals surface area contributed by atoms with Crippen LogP contribution in [0.15, 0.2) is 42.5 Å². The Balaban J connectivity index is 1.99. The van der Waals surface area contributed by atoms with Crippen molar-refractivity contribution in [1.82, 2.24) is 19.6 Å². The van der Waals surface area contributed by atoms with E-state index in [1.165, 1.54) is 0 Å². The lowest BCUT2D eigenvalue weighted by molar-refractivity contribution is 0.415. The quantitative estimate of drug-likeness (QED) is 0.552. The van der Waals surface area contributed by atoms with Gasteiger partial charge in [0, 0.05) is 11.3 Å². The van der Waals surface area contributed by atoms with Crippen molar-refractivity contribution in [2.75, 3.05) is 12.8 Å². The van der Waals surface area contributed by atoms with Crippen LogP contribution in [0.1, 0.15) is 0 Å². The molecule has 0 aliphatic carbocycles. The van der Waals surface area contributed by atoms with Gasteiger partial charge in [-0.25, -0.2) is 10.1 Å². The zero-order chi connectivity index (χ0) is 14.4. The smallest absolute Gasteiger partial charge is 0.230 e. The van der Waals surface area contributed by atoms with E-state index in [0.717, 1.165) is 28.2 Å². The first-order valence-corrected chi connectivity index (χ1v) is 6.53. The van der Waals surface area contributed by atoms with Gasteiger partial charge in [0.2, 0.25) is 5.78 Å². The van der Waals surface area contributed by atoms with Crippen molar-refractivity contribution in [3.05, 3.63) is 42.5 Å². The molecule has 2 aromatic heterocycles. The monoisotopic (exact) mass is 279 g/mol. The molecule has 0 aliphatic rings. The van der Waals surface area contributed by atoms with Crippen LogP contribution < -0.4 is 10.5 Å². The van der Waals surface area contributed by atoms with Crippen LogP contribution in [0.4, 0.5) is 5.69 Å². The van der Waals surface area contributed by atoms with Gasteiger partial charge in [0.15, 0.2) is 5.82 Å². The number of hydrogen-bond donors (Lipinski definition) is 2. The van der Waals surface area contributed by atoms with E-state index in [0.29, 0.717) is 11.5 Å². The third-order valence-corrected chi connectivity index (χ3v) is 3.50. The van der Waals surface area contributed by atoms with E-state index in [2.05, 4.69) is 15.2 Å². The number of ether oxygens (including phenoxy) is 1. The molecule has 6 heteroatoms. The fourth-order valence-corrected chi connectivity index (χ4v) is 2.47. The molecule has 6 nitrogen and oxygen atoms in total. The molecular formula is C15H13N5O. The van der Waals surface area contributed by atoms with Gasteiger partial charge in [0.25, 0.3) is 0 Å². The summed E-state index contributed by atoms with van der Waals surface area (Å²) in [6.45, 7) is 0. The number of nitrogens with one attached hydrogen (secondary N) is 1. The molecule has 0 aliphatic heterocycles. The minimum Gasteiger partial charge on any atom is -0.497 e. The SMILES string of the molecule is COc1ccc(-c2n[nH]c3nc4ccc(N)cc4n23)cc1. The Hall–Kier alpha value is -3.02. The Morgan fingerprint density at radius 2 is 1.95 bits per heavy atom. The van der Waals surface area contributed by atoms with Gasteiger partial charge in [-0.2, -0.15) is 5.10 Å². The first-order valence-electron chi connectivity index (χ1n) is 6.53. The summed E-state index contributed by atoms with van der Waals surface area (Å²) < 4.78 is 7.15. The molecule has 0 unspecified atom stereocenters. The number of imidazole rings is 1. The van der Waals surface area contributed by atoms with Crippen LogP contribution in [0.2, 0.25) is 0 Å². The number of aromatic amines is 1. The summed E-state index contributed by atoms with van der Waals surface area (Å²) in [6.07, 6.45) is 0. The Kier molecular flexibility index (Phi) is 2.38. The number of nitrogen functional groups attached to an aromatic ring is 1. The van der Waals surface area contributed by atoms with Crippen LogP contribution in [-0.4, -0.2) is 26.7 Å². The van der Waals surface area contributed by atoms with Crippen molar-refractivity contribution in [1.29, 1.82) is 0 Å². The number of nitrogens with zero attached hydrogens (tertiary/aromatic N) is 3. The molecule has 0 fully saturated rings. The lowest BCUT2D eigenvalue weighted by atomic mass is 10.2. The number of H-pyrrole nitrogens is 1. The maximum absolute atomic E-state index is 5.88. The van der Waals surface area contributed by atoms with Gasteiger partial charge in [-0.1, -0.05) is 0 Å². The fourth-order valence-electron chi connectivity index (χ4n) is 2.47. The van der Waals surface area contributed by atoms with Gasteiger partial charge < -0.3 is 10.5 Å². The molecule has 3 N–H and O–H groups in total. The van der Waals surface area contributed by atoms with E-state index in [1.54, 1.807) is 7.11 Å². The fraction of sp³-hybridized carbons (Fsp3) is 0.0667. The van der Waals surface area contributed by atoms with Crippen LogP contribution in [0, 0.1) is 0 Å². The Bertz CT molecular complexity index is 936. The molecule has 2 aromatic carbocycles. The van der Waals surface area contributed by atoms with Crippen LogP contribution >= 0.6 is 0 Å².